The maximum Gasteiger partial charge on any atom is 2.00 e. The second-order valence-electron chi connectivity index (χ2n) is 0.204. The molecule has 0 fully saturated rings. The minimum absolute atomic E-state index is 0. The topological polar surface area (TPSA) is 63.2 Å². The van der Waals surface area contributed by atoms with Gasteiger partial charge in [0.25, 0.3) is 0 Å². The van der Waals surface area contributed by atoms with Gasteiger partial charge in [-0.2, -0.15) is 0 Å². The smallest absolute Gasteiger partial charge is 0.784 e. The van der Waals surface area contributed by atoms with Crippen molar-refractivity contribution in [3.05, 3.63) is 0 Å². The minimum atomic E-state index is -3.11. The van der Waals surface area contributed by atoms with Crippen molar-refractivity contribution in [2.45, 2.75) is 0 Å². The molecular formula is O3OsS. The zero-order chi connectivity index (χ0) is 3.58. The molecule has 0 amide bonds. The van der Waals surface area contributed by atoms with E-state index in [1.807, 2.05) is 0 Å². The van der Waals surface area contributed by atoms with E-state index in [4.69, 9.17) is 13.3 Å². The van der Waals surface area contributed by atoms with Crippen molar-refractivity contribution in [1.82, 2.24) is 0 Å². The van der Waals surface area contributed by atoms with Gasteiger partial charge in [0.1, 0.15) is 0 Å². The summed E-state index contributed by atoms with van der Waals surface area (Å²) in [5.74, 6) is 0. The van der Waals surface area contributed by atoms with Crippen molar-refractivity contribution in [1.29, 1.82) is 0 Å². The SMILES string of the molecule is O=S([O-])[O-].[Os+2]. The fourth-order valence-electron chi connectivity index (χ4n) is 0. The summed E-state index contributed by atoms with van der Waals surface area (Å²) in [6.07, 6.45) is 0. The van der Waals surface area contributed by atoms with Crippen molar-refractivity contribution in [2.75, 3.05) is 0 Å². The molecule has 0 aromatic heterocycles. The molecule has 0 aliphatic carbocycles. The molecule has 0 aromatic carbocycles. The molecule has 3 nitrogen and oxygen atoms in total. The molecule has 32 valence electrons. The Kier molecular flexibility index (Phi) is 8.66. The van der Waals surface area contributed by atoms with E-state index < -0.39 is 11.4 Å². The molecule has 0 saturated heterocycles. The molecule has 0 aliphatic heterocycles. The fourth-order valence-corrected chi connectivity index (χ4v) is 0. The predicted octanol–water partition coefficient (Wildman–Crippen LogP) is -1.01. The summed E-state index contributed by atoms with van der Waals surface area (Å²) in [5, 5.41) is 0. The predicted molar refractivity (Wildman–Crippen MR) is 9.70 cm³/mol. The van der Waals surface area contributed by atoms with Gasteiger partial charge in [-0.15, -0.1) is 11.4 Å². The van der Waals surface area contributed by atoms with Crippen LogP contribution in [0.5, 0.6) is 0 Å². The van der Waals surface area contributed by atoms with Gasteiger partial charge in [0.05, 0.1) is 0 Å². The average Bonchev–Trinajstić information content (AvgIpc) is 0.811. The molecule has 5 heavy (non-hydrogen) atoms. The molecule has 0 radical (unpaired) electrons. The standard InChI is InChI=1S/H2O3S.Os/c1-4(2)3;/h(H2,1,2,3);/q;+2/p-2. The molecular weight excluding hydrogens is 270 g/mol. The summed E-state index contributed by atoms with van der Waals surface area (Å²) in [5.41, 5.74) is 0. The summed E-state index contributed by atoms with van der Waals surface area (Å²) in [7, 11) is 0. The van der Waals surface area contributed by atoms with Crippen molar-refractivity contribution < 1.29 is 33.1 Å². The summed E-state index contributed by atoms with van der Waals surface area (Å²) in [4.78, 5) is 0. The Morgan fingerprint density at radius 3 is 1.40 bits per heavy atom. The van der Waals surface area contributed by atoms with Gasteiger partial charge in [-0.25, -0.2) is 0 Å². The quantitative estimate of drug-likeness (QED) is 0.530. The Bertz CT molecular complexity index is 29.9. The molecule has 0 atom stereocenters. The maximum atomic E-state index is 8.44. The Morgan fingerprint density at radius 2 is 1.40 bits per heavy atom. The van der Waals surface area contributed by atoms with Crippen molar-refractivity contribution in [2.24, 2.45) is 0 Å². The number of rotatable bonds is 0. The van der Waals surface area contributed by atoms with Gasteiger partial charge in [-0.3, -0.25) is 4.21 Å². The second-order valence-corrected chi connectivity index (χ2v) is 0.612. The Hall–Kier alpha value is 0.706. The monoisotopic (exact) mass is 272 g/mol. The molecule has 0 aromatic rings. The van der Waals surface area contributed by atoms with Gasteiger partial charge in [0.15, 0.2) is 0 Å². The third kappa shape index (κ3) is 69.1. The van der Waals surface area contributed by atoms with Crippen LogP contribution in [0.3, 0.4) is 0 Å². The van der Waals surface area contributed by atoms with Crippen LogP contribution in [0.4, 0.5) is 0 Å². The van der Waals surface area contributed by atoms with Crippen LogP contribution in [0.15, 0.2) is 0 Å². The van der Waals surface area contributed by atoms with Crippen LogP contribution < -0.4 is 0 Å². The molecule has 0 bridgehead atoms. The normalized spacial score (nSPS) is 7.00. The van der Waals surface area contributed by atoms with Gasteiger partial charge in [0, 0.05) is 0 Å². The Labute approximate surface area is 44.9 Å². The first-order chi connectivity index (χ1) is 1.73. The first kappa shape index (κ1) is 9.20. The molecule has 0 heterocycles. The summed E-state index contributed by atoms with van der Waals surface area (Å²) in [6.45, 7) is 0. The summed E-state index contributed by atoms with van der Waals surface area (Å²) < 4.78 is 25.3. The molecule has 5 heteroatoms. The zero-order valence-electron chi connectivity index (χ0n) is 1.99. The first-order valence-electron chi connectivity index (χ1n) is 0.500. The fraction of sp³-hybridized carbons (Fsp3) is 0. The van der Waals surface area contributed by atoms with Crippen LogP contribution in [0.2, 0.25) is 0 Å². The Morgan fingerprint density at radius 1 is 1.40 bits per heavy atom. The van der Waals surface area contributed by atoms with Gasteiger partial charge >= 0.3 is 19.8 Å². The largest absolute Gasteiger partial charge is 2.00 e. The Balaban J connectivity index is 0. The van der Waals surface area contributed by atoms with E-state index in [-0.39, 0.29) is 19.8 Å². The van der Waals surface area contributed by atoms with Gasteiger partial charge in [-0.1, -0.05) is 0 Å². The summed E-state index contributed by atoms with van der Waals surface area (Å²) >= 11 is -3.11. The molecule has 0 unspecified atom stereocenters. The van der Waals surface area contributed by atoms with E-state index >= 15 is 0 Å². The molecule has 0 aliphatic rings. The van der Waals surface area contributed by atoms with E-state index in [9.17, 15) is 0 Å². The van der Waals surface area contributed by atoms with Crippen LogP contribution in [0.1, 0.15) is 0 Å². The zero-order valence-corrected chi connectivity index (χ0v) is 5.34. The second kappa shape index (κ2) is 4.71. The minimum Gasteiger partial charge on any atom is -0.784 e. The summed E-state index contributed by atoms with van der Waals surface area (Å²) in [6, 6.07) is 0. The average molecular weight is 270 g/mol. The maximum absolute atomic E-state index is 8.44. The third-order valence-corrected chi connectivity index (χ3v) is 0. The van der Waals surface area contributed by atoms with Crippen LogP contribution >= 0.6 is 0 Å². The van der Waals surface area contributed by atoms with Crippen LogP contribution in [0, 0.1) is 0 Å². The van der Waals surface area contributed by atoms with Gasteiger partial charge in [-0.05, 0) is 0 Å². The molecule has 0 rings (SSSR count). The van der Waals surface area contributed by atoms with E-state index in [2.05, 4.69) is 0 Å². The van der Waals surface area contributed by atoms with Crippen molar-refractivity contribution in [3.63, 3.8) is 0 Å². The molecule has 0 N–H and O–H groups in total. The first-order valence-corrected chi connectivity index (χ1v) is 1.50. The van der Waals surface area contributed by atoms with Gasteiger partial charge in [0.2, 0.25) is 0 Å². The van der Waals surface area contributed by atoms with Crippen molar-refractivity contribution in [3.8, 4) is 0 Å². The van der Waals surface area contributed by atoms with E-state index in [1.165, 1.54) is 0 Å². The van der Waals surface area contributed by atoms with Gasteiger partial charge < -0.3 is 9.11 Å². The van der Waals surface area contributed by atoms with E-state index in [0.29, 0.717) is 0 Å². The van der Waals surface area contributed by atoms with Crippen LogP contribution in [-0.2, 0) is 31.2 Å². The van der Waals surface area contributed by atoms with Crippen molar-refractivity contribution >= 4 is 11.4 Å². The van der Waals surface area contributed by atoms with E-state index in [1.54, 1.807) is 0 Å². The molecule has 0 spiro atoms. The third-order valence-electron chi connectivity index (χ3n) is 0. The molecule has 0 saturated carbocycles. The van der Waals surface area contributed by atoms with Crippen LogP contribution in [-0.4, -0.2) is 13.3 Å². The van der Waals surface area contributed by atoms with E-state index in [0.717, 1.165) is 0 Å². The number of hydrogen-bond acceptors (Lipinski definition) is 3. The number of hydrogen-bond donors (Lipinski definition) is 0. The van der Waals surface area contributed by atoms with Crippen LogP contribution in [0.25, 0.3) is 0 Å².